The van der Waals surface area contributed by atoms with Gasteiger partial charge in [0.15, 0.2) is 14.6 Å². The maximum atomic E-state index is 12.6. The van der Waals surface area contributed by atoms with Gasteiger partial charge in [-0.2, -0.15) is 15.0 Å². The molecule has 1 amide bonds. The Labute approximate surface area is 229 Å². The molecule has 18 heteroatoms. The first-order valence-electron chi connectivity index (χ1n) is 9.54. The number of hydrogen-bond acceptors (Lipinski definition) is 11. The van der Waals surface area contributed by atoms with Crippen LogP contribution in [0.4, 0.5) is 0 Å². The van der Waals surface area contributed by atoms with Crippen molar-refractivity contribution >= 4 is 23.6 Å². The molecular formula is C18H19Li2N6O8PS. The van der Waals surface area contributed by atoms with E-state index in [1.807, 2.05) is 0 Å². The van der Waals surface area contributed by atoms with Gasteiger partial charge in [-0.25, -0.2) is 23.5 Å². The predicted octanol–water partition coefficient (Wildman–Crippen LogP) is -7.43. The molecule has 14 nitrogen and oxygen atoms in total. The van der Waals surface area contributed by atoms with Crippen molar-refractivity contribution in [3.63, 3.8) is 0 Å². The summed E-state index contributed by atoms with van der Waals surface area (Å²) in [6.45, 7) is 0.768. The van der Waals surface area contributed by atoms with Crippen LogP contribution >= 0.6 is 7.82 Å². The minimum atomic E-state index is -5.58. The molecular weight excluding hydrogens is 505 g/mol. The molecule has 2 heterocycles. The van der Waals surface area contributed by atoms with Gasteiger partial charge in [-0.05, 0) is 25.5 Å². The summed E-state index contributed by atoms with van der Waals surface area (Å²) in [5.74, 6) is -1.37. The second-order valence-corrected chi connectivity index (χ2v) is 10.9. The number of amides is 1. The van der Waals surface area contributed by atoms with Crippen LogP contribution in [0, 0.1) is 0 Å². The molecule has 0 spiro atoms. The molecule has 0 radical (unpaired) electrons. The van der Waals surface area contributed by atoms with Crippen molar-refractivity contribution in [2.45, 2.75) is 24.6 Å². The average Bonchev–Trinajstić information content (AvgIpc) is 3.30. The molecule has 0 bridgehead atoms. The molecule has 0 aliphatic heterocycles. The molecule has 0 saturated heterocycles. The average molecular weight is 524 g/mol. The summed E-state index contributed by atoms with van der Waals surface area (Å²) in [4.78, 5) is 51.7. The molecule has 3 rings (SSSR count). The van der Waals surface area contributed by atoms with Crippen LogP contribution < -0.4 is 58.5 Å². The normalized spacial score (nSPS) is 13.1. The van der Waals surface area contributed by atoms with Crippen LogP contribution in [0.5, 0.6) is 0 Å². The second-order valence-electron chi connectivity index (χ2n) is 7.39. The van der Waals surface area contributed by atoms with Crippen LogP contribution in [0.25, 0.3) is 16.9 Å². The molecule has 36 heavy (non-hydrogen) atoms. The van der Waals surface area contributed by atoms with Gasteiger partial charge in [0.2, 0.25) is 0 Å². The fourth-order valence-electron chi connectivity index (χ4n) is 2.87. The first-order valence-corrected chi connectivity index (χ1v) is 12.9. The van der Waals surface area contributed by atoms with Crippen LogP contribution in [0.1, 0.15) is 13.3 Å². The summed E-state index contributed by atoms with van der Waals surface area (Å²) in [5.41, 5.74) is 2.53. The Balaban J connectivity index is 0.00000324. The van der Waals surface area contributed by atoms with E-state index >= 15 is 0 Å². The topological polar surface area (TPSA) is 201 Å². The molecule has 0 aliphatic rings. The maximum Gasteiger partial charge on any atom is 1.00 e. The van der Waals surface area contributed by atoms with Crippen LogP contribution in [0.15, 0.2) is 53.8 Å². The number of hydrogen-bond donors (Lipinski definition) is 1. The molecule has 3 aromatic rings. The minimum Gasteiger partial charge on any atom is -0.788 e. The van der Waals surface area contributed by atoms with Crippen molar-refractivity contribution in [3.05, 3.63) is 59.4 Å². The van der Waals surface area contributed by atoms with Gasteiger partial charge in [0, 0.05) is 24.4 Å². The Bertz CT molecular complexity index is 1400. The van der Waals surface area contributed by atoms with E-state index in [4.69, 9.17) is 0 Å². The molecule has 2 aromatic heterocycles. The van der Waals surface area contributed by atoms with Gasteiger partial charge in [0.25, 0.3) is 11.5 Å². The summed E-state index contributed by atoms with van der Waals surface area (Å²) < 4.78 is 37.6. The number of sulfone groups is 1. The standard InChI is InChI=1S/C18H21N6O8PS.2Li/c1-18(34(2,30)31,17(26)22-32-33(27,28)29)7-10-23-12-19-15(11-16(23)25)13-3-5-14(6-4-13)24-20-8-9-21-24;;/h3-6,8-9,11-12H,7,10H2,1-2H3,(H,22,26)(H2,27,28,29);;/q;2*+1/p-2/t18-;;/m1../s1. The number of benzene rings is 1. The fraction of sp³-hybridized carbons (Fsp3) is 0.278. The SMILES string of the molecule is C[C@@](CCn1cnc(-c2ccc(-n3nccn3)cc2)cc1=O)(C(=O)NOP(=O)([O-])[O-])S(C)(=O)=O.[Li+].[Li+]. The smallest absolute Gasteiger partial charge is 0.788 e. The van der Waals surface area contributed by atoms with Crippen molar-refractivity contribution in [3.8, 4) is 16.9 Å². The number of rotatable bonds is 9. The van der Waals surface area contributed by atoms with E-state index in [-0.39, 0.29) is 44.3 Å². The zero-order valence-corrected chi connectivity index (χ0v) is 21.6. The Hall–Kier alpha value is -2.04. The monoisotopic (exact) mass is 524 g/mol. The van der Waals surface area contributed by atoms with E-state index < -0.39 is 40.3 Å². The van der Waals surface area contributed by atoms with Crippen molar-refractivity contribution in [1.29, 1.82) is 0 Å². The molecule has 0 fully saturated rings. The first kappa shape index (κ1) is 32.0. The zero-order valence-electron chi connectivity index (χ0n) is 19.9. The summed E-state index contributed by atoms with van der Waals surface area (Å²) >= 11 is 0. The van der Waals surface area contributed by atoms with Crippen LogP contribution in [-0.4, -0.2) is 49.9 Å². The Morgan fingerprint density at radius 2 is 1.75 bits per heavy atom. The Morgan fingerprint density at radius 1 is 1.17 bits per heavy atom. The van der Waals surface area contributed by atoms with Crippen molar-refractivity contribution in [2.24, 2.45) is 0 Å². The third-order valence-corrected chi connectivity index (χ3v) is 7.41. The predicted molar refractivity (Wildman–Crippen MR) is 114 cm³/mol. The number of hydroxylamine groups is 1. The summed E-state index contributed by atoms with van der Waals surface area (Å²) in [6, 6.07) is 8.17. The van der Waals surface area contributed by atoms with E-state index in [1.165, 1.54) is 35.1 Å². The van der Waals surface area contributed by atoms with Gasteiger partial charge in [-0.3, -0.25) is 14.2 Å². The fourth-order valence-corrected chi connectivity index (χ4v) is 3.91. The van der Waals surface area contributed by atoms with Gasteiger partial charge in [0.1, 0.15) is 0 Å². The molecule has 0 aliphatic carbocycles. The van der Waals surface area contributed by atoms with Gasteiger partial charge >= 0.3 is 37.7 Å². The van der Waals surface area contributed by atoms with Crippen LogP contribution in [0.3, 0.4) is 0 Å². The van der Waals surface area contributed by atoms with E-state index in [9.17, 15) is 32.4 Å². The van der Waals surface area contributed by atoms with Crippen molar-refractivity contribution < 1.29 is 69.9 Å². The number of aromatic nitrogens is 5. The zero-order chi connectivity index (χ0) is 25.1. The molecule has 1 atom stereocenters. The molecule has 0 unspecified atom stereocenters. The maximum absolute atomic E-state index is 12.6. The minimum absolute atomic E-state index is 0. The third-order valence-electron chi connectivity index (χ3n) is 5.07. The van der Waals surface area contributed by atoms with Crippen molar-refractivity contribution in [2.75, 3.05) is 6.26 Å². The second kappa shape index (κ2) is 12.5. The van der Waals surface area contributed by atoms with E-state index in [2.05, 4.69) is 19.8 Å². The number of aryl methyl sites for hydroxylation is 1. The quantitative estimate of drug-likeness (QED) is 0.158. The molecule has 1 N–H and O–H groups in total. The van der Waals surface area contributed by atoms with Crippen LogP contribution in [-0.2, 0) is 30.4 Å². The number of nitrogens with zero attached hydrogens (tertiary/aromatic N) is 5. The van der Waals surface area contributed by atoms with Gasteiger partial charge in [-0.1, -0.05) is 12.1 Å². The van der Waals surface area contributed by atoms with E-state index in [0.717, 1.165) is 17.7 Å². The Kier molecular flexibility index (Phi) is 11.1. The van der Waals surface area contributed by atoms with E-state index in [1.54, 1.807) is 24.3 Å². The third kappa shape index (κ3) is 7.73. The largest absolute Gasteiger partial charge is 1.00 e. The van der Waals surface area contributed by atoms with Gasteiger partial charge in [-0.15, -0.1) is 0 Å². The number of phosphoric acid groups is 1. The van der Waals surface area contributed by atoms with Crippen molar-refractivity contribution in [1.82, 2.24) is 30.0 Å². The Morgan fingerprint density at radius 3 is 2.25 bits per heavy atom. The number of nitrogens with one attached hydrogen (secondary N) is 1. The molecule has 1 aromatic carbocycles. The van der Waals surface area contributed by atoms with Gasteiger partial charge < -0.3 is 14.4 Å². The van der Waals surface area contributed by atoms with Crippen LogP contribution in [0.2, 0.25) is 0 Å². The summed E-state index contributed by atoms with van der Waals surface area (Å²) in [5, 5.41) is 8.04. The van der Waals surface area contributed by atoms with E-state index in [0.29, 0.717) is 16.9 Å². The number of carbonyl (C=O) groups is 1. The number of carbonyl (C=O) groups excluding carboxylic acids is 1. The first-order chi connectivity index (χ1) is 15.8. The molecule has 0 saturated carbocycles. The van der Waals surface area contributed by atoms with Gasteiger partial charge in [0.05, 0.1) is 37.9 Å². The molecule has 182 valence electrons. The summed E-state index contributed by atoms with van der Waals surface area (Å²) in [6.07, 6.45) is 4.59. The summed E-state index contributed by atoms with van der Waals surface area (Å²) in [7, 11) is -9.70.